The fourth-order valence-corrected chi connectivity index (χ4v) is 2.57. The molecule has 0 aliphatic heterocycles. The third-order valence-corrected chi connectivity index (χ3v) is 4.32. The van der Waals surface area contributed by atoms with Gasteiger partial charge in [0.25, 0.3) is 0 Å². The van der Waals surface area contributed by atoms with E-state index in [0.29, 0.717) is 25.7 Å². The van der Waals surface area contributed by atoms with Crippen LogP contribution in [-0.2, 0) is 21.3 Å². The molecule has 1 aromatic carbocycles. The molecule has 0 spiro atoms. The number of nitrogens with one attached hydrogen (secondary N) is 1. The zero-order valence-electron chi connectivity index (χ0n) is 12.1. The maximum atomic E-state index is 12.0. The second-order valence-corrected chi connectivity index (χ2v) is 6.81. The molecule has 0 atom stereocenters. The van der Waals surface area contributed by atoms with E-state index in [-0.39, 0.29) is 11.4 Å². The molecule has 0 saturated carbocycles. The molecule has 6 heteroatoms. The van der Waals surface area contributed by atoms with Gasteiger partial charge in [-0.2, -0.15) is 0 Å². The van der Waals surface area contributed by atoms with Crippen molar-refractivity contribution in [2.24, 2.45) is 11.7 Å². The molecule has 114 valence electrons. The molecule has 0 aromatic heterocycles. The fraction of sp³-hybridized carbons (Fsp3) is 0.571. The summed E-state index contributed by atoms with van der Waals surface area (Å²) in [5.74, 6) is 0.591. The number of nitrogens with two attached hydrogens (primary N) is 1. The molecule has 0 unspecified atom stereocenters. The van der Waals surface area contributed by atoms with Gasteiger partial charge in [-0.05, 0) is 30.0 Å². The lowest BCUT2D eigenvalue weighted by molar-refractivity contribution is 0.128. The predicted molar refractivity (Wildman–Crippen MR) is 79.8 cm³/mol. The second kappa shape index (κ2) is 8.36. The predicted octanol–water partition coefficient (Wildman–Crippen LogP) is 1.49. The van der Waals surface area contributed by atoms with E-state index in [9.17, 15) is 8.42 Å². The summed E-state index contributed by atoms with van der Waals surface area (Å²) in [4.78, 5) is 0.247. The highest BCUT2D eigenvalue weighted by Crippen LogP contribution is 2.09. The van der Waals surface area contributed by atoms with Gasteiger partial charge in [0.15, 0.2) is 0 Å². The number of hydrogen-bond acceptors (Lipinski definition) is 4. The SMILES string of the molecule is CC(C)CCOCCNS(=O)(=O)c1ccc(CN)cc1. The summed E-state index contributed by atoms with van der Waals surface area (Å²) < 4.78 is 31.8. The zero-order chi connectivity index (χ0) is 15.0. The monoisotopic (exact) mass is 300 g/mol. The summed E-state index contributed by atoms with van der Waals surface area (Å²) in [6.07, 6.45) is 0.979. The Kier molecular flexibility index (Phi) is 7.15. The van der Waals surface area contributed by atoms with E-state index >= 15 is 0 Å². The van der Waals surface area contributed by atoms with Crippen molar-refractivity contribution in [2.45, 2.75) is 31.7 Å². The molecule has 3 N–H and O–H groups in total. The van der Waals surface area contributed by atoms with Crippen LogP contribution in [0.5, 0.6) is 0 Å². The lowest BCUT2D eigenvalue weighted by Crippen LogP contribution is -2.27. The van der Waals surface area contributed by atoms with Crippen LogP contribution in [0.3, 0.4) is 0 Å². The van der Waals surface area contributed by atoms with E-state index in [4.69, 9.17) is 10.5 Å². The van der Waals surface area contributed by atoms with Gasteiger partial charge in [-0.25, -0.2) is 13.1 Å². The van der Waals surface area contributed by atoms with Crippen molar-refractivity contribution in [3.8, 4) is 0 Å². The minimum absolute atomic E-state index is 0.247. The van der Waals surface area contributed by atoms with E-state index in [2.05, 4.69) is 18.6 Å². The molecule has 0 heterocycles. The van der Waals surface area contributed by atoms with Crippen molar-refractivity contribution in [1.29, 1.82) is 0 Å². The Labute approximate surface area is 121 Å². The third-order valence-electron chi connectivity index (χ3n) is 2.85. The molecule has 0 aliphatic rings. The standard InChI is InChI=1S/C14H24N2O3S/c1-12(2)7-9-19-10-8-16-20(17,18)14-5-3-13(11-15)4-6-14/h3-6,12,16H,7-11,15H2,1-2H3. The molecular weight excluding hydrogens is 276 g/mol. The van der Waals surface area contributed by atoms with Gasteiger partial charge in [0.2, 0.25) is 10.0 Å². The fourth-order valence-electron chi connectivity index (χ4n) is 1.56. The van der Waals surface area contributed by atoms with Crippen molar-refractivity contribution >= 4 is 10.0 Å². The van der Waals surface area contributed by atoms with Crippen molar-refractivity contribution in [1.82, 2.24) is 4.72 Å². The van der Waals surface area contributed by atoms with Crippen LogP contribution >= 0.6 is 0 Å². The summed E-state index contributed by atoms with van der Waals surface area (Å²) in [5, 5.41) is 0. The molecular formula is C14H24N2O3S. The Hall–Kier alpha value is -0.950. The zero-order valence-corrected chi connectivity index (χ0v) is 12.9. The topological polar surface area (TPSA) is 81.4 Å². The van der Waals surface area contributed by atoms with Crippen LogP contribution in [-0.4, -0.2) is 28.2 Å². The lowest BCUT2D eigenvalue weighted by Gasteiger charge is -2.09. The number of ether oxygens (including phenoxy) is 1. The normalized spacial score (nSPS) is 12.0. The highest BCUT2D eigenvalue weighted by atomic mass is 32.2. The van der Waals surface area contributed by atoms with Crippen LogP contribution in [0.25, 0.3) is 0 Å². The lowest BCUT2D eigenvalue weighted by atomic mass is 10.1. The average molecular weight is 300 g/mol. The maximum Gasteiger partial charge on any atom is 0.240 e. The molecule has 0 amide bonds. The Morgan fingerprint density at radius 3 is 2.40 bits per heavy atom. The summed E-state index contributed by atoms with van der Waals surface area (Å²) in [5.41, 5.74) is 6.38. The molecule has 20 heavy (non-hydrogen) atoms. The number of hydrogen-bond donors (Lipinski definition) is 2. The Morgan fingerprint density at radius 2 is 1.85 bits per heavy atom. The minimum Gasteiger partial charge on any atom is -0.380 e. The molecule has 1 rings (SSSR count). The molecule has 5 nitrogen and oxygen atoms in total. The molecule has 0 fully saturated rings. The Morgan fingerprint density at radius 1 is 1.20 bits per heavy atom. The first-order valence-corrected chi connectivity index (χ1v) is 8.30. The largest absolute Gasteiger partial charge is 0.380 e. The van der Waals surface area contributed by atoms with E-state index in [1.807, 2.05) is 0 Å². The molecule has 0 bridgehead atoms. The van der Waals surface area contributed by atoms with Gasteiger partial charge in [0.1, 0.15) is 0 Å². The Balaban J connectivity index is 2.37. The van der Waals surface area contributed by atoms with Crippen LogP contribution < -0.4 is 10.5 Å². The molecule has 0 radical (unpaired) electrons. The smallest absolute Gasteiger partial charge is 0.240 e. The average Bonchev–Trinajstić information content (AvgIpc) is 2.42. The second-order valence-electron chi connectivity index (χ2n) is 5.04. The highest BCUT2D eigenvalue weighted by Gasteiger charge is 2.12. The molecule has 1 aromatic rings. The third kappa shape index (κ3) is 6.00. The minimum atomic E-state index is -3.46. The number of benzene rings is 1. The summed E-state index contributed by atoms with van der Waals surface area (Å²) in [6.45, 7) is 5.96. The van der Waals surface area contributed by atoms with Crippen LogP contribution in [0.4, 0.5) is 0 Å². The summed E-state index contributed by atoms with van der Waals surface area (Å²) in [6, 6.07) is 6.55. The van der Waals surface area contributed by atoms with Crippen molar-refractivity contribution in [3.05, 3.63) is 29.8 Å². The van der Waals surface area contributed by atoms with Gasteiger partial charge >= 0.3 is 0 Å². The quantitative estimate of drug-likeness (QED) is 0.677. The van der Waals surface area contributed by atoms with E-state index in [0.717, 1.165) is 12.0 Å². The first-order valence-electron chi connectivity index (χ1n) is 6.82. The van der Waals surface area contributed by atoms with E-state index < -0.39 is 10.0 Å². The highest BCUT2D eigenvalue weighted by molar-refractivity contribution is 7.89. The van der Waals surface area contributed by atoms with E-state index in [1.165, 1.54) is 0 Å². The van der Waals surface area contributed by atoms with Gasteiger partial charge in [0, 0.05) is 19.7 Å². The number of sulfonamides is 1. The maximum absolute atomic E-state index is 12.0. The van der Waals surface area contributed by atoms with Crippen molar-refractivity contribution < 1.29 is 13.2 Å². The first-order chi connectivity index (χ1) is 9.45. The van der Waals surface area contributed by atoms with Gasteiger partial charge in [0.05, 0.1) is 11.5 Å². The summed E-state index contributed by atoms with van der Waals surface area (Å²) >= 11 is 0. The van der Waals surface area contributed by atoms with Gasteiger partial charge in [-0.3, -0.25) is 0 Å². The van der Waals surface area contributed by atoms with Crippen molar-refractivity contribution in [3.63, 3.8) is 0 Å². The van der Waals surface area contributed by atoms with Gasteiger partial charge in [-0.1, -0.05) is 26.0 Å². The van der Waals surface area contributed by atoms with Gasteiger partial charge in [-0.15, -0.1) is 0 Å². The van der Waals surface area contributed by atoms with Crippen LogP contribution in [0, 0.1) is 5.92 Å². The van der Waals surface area contributed by atoms with Crippen LogP contribution in [0.15, 0.2) is 29.2 Å². The Bertz CT molecular complexity index is 484. The van der Waals surface area contributed by atoms with Crippen LogP contribution in [0.1, 0.15) is 25.8 Å². The molecule has 0 aliphatic carbocycles. The molecule has 0 saturated heterocycles. The summed E-state index contributed by atoms with van der Waals surface area (Å²) in [7, 11) is -3.46. The first kappa shape index (κ1) is 17.1. The van der Waals surface area contributed by atoms with Crippen LogP contribution in [0.2, 0.25) is 0 Å². The van der Waals surface area contributed by atoms with Gasteiger partial charge < -0.3 is 10.5 Å². The number of rotatable bonds is 9. The van der Waals surface area contributed by atoms with Crippen molar-refractivity contribution in [2.75, 3.05) is 19.8 Å². The van der Waals surface area contributed by atoms with E-state index in [1.54, 1.807) is 24.3 Å².